The van der Waals surface area contributed by atoms with Gasteiger partial charge in [0.15, 0.2) is 5.43 Å². The lowest BCUT2D eigenvalue weighted by Gasteiger charge is -2.06. The van der Waals surface area contributed by atoms with Crippen LogP contribution in [-0.2, 0) is 6.18 Å². The van der Waals surface area contributed by atoms with E-state index in [0.29, 0.717) is 21.5 Å². The molecule has 4 heteroatoms. The molecule has 0 aliphatic carbocycles. The first kappa shape index (κ1) is 12.7. The number of rotatable bonds is 0. The van der Waals surface area contributed by atoms with Crippen LogP contribution in [0.15, 0.2) is 59.4 Å². The fraction of sp³-hybridized carbons (Fsp3) is 0.0625. The molecule has 0 aromatic heterocycles. The van der Waals surface area contributed by atoms with Crippen molar-refractivity contribution < 1.29 is 13.2 Å². The van der Waals surface area contributed by atoms with E-state index in [-0.39, 0.29) is 5.43 Å². The summed E-state index contributed by atoms with van der Waals surface area (Å²) in [5, 5.41) is 1.80. The summed E-state index contributed by atoms with van der Waals surface area (Å²) in [5.74, 6) is 0. The van der Waals surface area contributed by atoms with Crippen molar-refractivity contribution in [2.45, 2.75) is 6.18 Å². The molecule has 1 nitrogen and oxygen atoms in total. The largest absolute Gasteiger partial charge is 0.416 e. The van der Waals surface area contributed by atoms with E-state index in [2.05, 4.69) is 0 Å². The second-order valence-corrected chi connectivity index (χ2v) is 4.55. The second kappa shape index (κ2) is 4.34. The Kier molecular flexibility index (Phi) is 2.74. The highest BCUT2D eigenvalue weighted by Gasteiger charge is 2.30. The molecule has 0 amide bonds. The highest BCUT2D eigenvalue weighted by atomic mass is 19.4. The predicted octanol–water partition coefficient (Wildman–Crippen LogP) is 4.37. The summed E-state index contributed by atoms with van der Waals surface area (Å²) >= 11 is 0. The van der Waals surface area contributed by atoms with Crippen LogP contribution in [0, 0.1) is 0 Å². The maximum absolute atomic E-state index is 12.7. The third-order valence-electron chi connectivity index (χ3n) is 3.27. The number of hydrogen-bond acceptors (Lipinski definition) is 1. The van der Waals surface area contributed by atoms with Crippen molar-refractivity contribution in [1.82, 2.24) is 0 Å². The minimum absolute atomic E-state index is 0.255. The molecule has 0 fully saturated rings. The third kappa shape index (κ3) is 2.03. The lowest BCUT2D eigenvalue weighted by Crippen LogP contribution is -2.05. The van der Waals surface area contributed by atoms with Crippen LogP contribution in [-0.4, -0.2) is 0 Å². The van der Waals surface area contributed by atoms with Gasteiger partial charge in [0.2, 0.25) is 0 Å². The van der Waals surface area contributed by atoms with Gasteiger partial charge >= 0.3 is 6.18 Å². The number of alkyl halides is 3. The molecule has 0 aliphatic rings. The minimum atomic E-state index is -4.41. The second-order valence-electron chi connectivity index (χ2n) is 4.55. The Hall–Kier alpha value is -2.36. The van der Waals surface area contributed by atoms with Crippen molar-refractivity contribution in [2.75, 3.05) is 0 Å². The molecule has 0 saturated carbocycles. The van der Waals surface area contributed by atoms with E-state index in [1.165, 1.54) is 6.07 Å². The summed E-state index contributed by atoms with van der Waals surface area (Å²) in [6, 6.07) is 13.4. The smallest absolute Gasteiger partial charge is 0.289 e. The molecule has 0 bridgehead atoms. The zero-order valence-electron chi connectivity index (χ0n) is 10.2. The van der Waals surface area contributed by atoms with Crippen LogP contribution >= 0.6 is 0 Å². The molecule has 3 aromatic rings. The van der Waals surface area contributed by atoms with Crippen LogP contribution in [0.4, 0.5) is 13.2 Å². The Morgan fingerprint density at radius 1 is 0.750 bits per heavy atom. The molecule has 100 valence electrons. The highest BCUT2D eigenvalue weighted by molar-refractivity contribution is 5.93. The molecule has 0 radical (unpaired) electrons. The van der Waals surface area contributed by atoms with Gasteiger partial charge in [-0.1, -0.05) is 36.4 Å². The van der Waals surface area contributed by atoms with Gasteiger partial charge in [0.05, 0.1) is 5.56 Å². The molecule has 3 aromatic carbocycles. The molecule has 0 unspecified atom stereocenters. The van der Waals surface area contributed by atoms with E-state index >= 15 is 0 Å². The topological polar surface area (TPSA) is 17.1 Å². The summed E-state index contributed by atoms with van der Waals surface area (Å²) in [4.78, 5) is 12.4. The van der Waals surface area contributed by atoms with E-state index in [1.54, 1.807) is 36.4 Å². The van der Waals surface area contributed by atoms with Crippen molar-refractivity contribution in [2.24, 2.45) is 0 Å². The molecular weight excluding hydrogens is 265 g/mol. The van der Waals surface area contributed by atoms with Crippen LogP contribution < -0.4 is 5.43 Å². The Balaban J connectivity index is 2.45. The van der Waals surface area contributed by atoms with E-state index in [0.717, 1.165) is 12.1 Å². The number of fused-ring (bicyclic) bond motifs is 2. The monoisotopic (exact) mass is 274 g/mol. The summed E-state index contributed by atoms with van der Waals surface area (Å²) < 4.78 is 38.1. The minimum Gasteiger partial charge on any atom is -0.289 e. The average Bonchev–Trinajstić information content (AvgIpc) is 2.56. The van der Waals surface area contributed by atoms with Gasteiger partial charge in [-0.3, -0.25) is 4.79 Å². The highest BCUT2D eigenvalue weighted by Crippen LogP contribution is 2.31. The fourth-order valence-electron chi connectivity index (χ4n) is 2.26. The van der Waals surface area contributed by atoms with Crippen molar-refractivity contribution in [3.63, 3.8) is 0 Å². The maximum atomic E-state index is 12.7. The van der Waals surface area contributed by atoms with Gasteiger partial charge < -0.3 is 0 Å². The number of halogens is 3. The van der Waals surface area contributed by atoms with Crippen LogP contribution in [0.3, 0.4) is 0 Å². The van der Waals surface area contributed by atoms with Gasteiger partial charge in [-0.15, -0.1) is 0 Å². The zero-order chi connectivity index (χ0) is 14.3. The van der Waals surface area contributed by atoms with E-state index < -0.39 is 11.7 Å². The summed E-state index contributed by atoms with van der Waals surface area (Å²) in [5.41, 5.74) is -1.01. The summed E-state index contributed by atoms with van der Waals surface area (Å²) in [7, 11) is 0. The van der Waals surface area contributed by atoms with Crippen LogP contribution in [0.25, 0.3) is 21.5 Å². The maximum Gasteiger partial charge on any atom is 0.416 e. The van der Waals surface area contributed by atoms with Gasteiger partial charge in [0.25, 0.3) is 0 Å². The molecule has 0 aliphatic heterocycles. The zero-order valence-corrected chi connectivity index (χ0v) is 10.2. The average molecular weight is 274 g/mol. The molecule has 20 heavy (non-hydrogen) atoms. The molecule has 0 N–H and O–H groups in total. The standard InChI is InChI=1S/C16H9F3O/c17-16(18,19)12-7-8-14-11(9-12)6-5-10-3-1-2-4-13(10)15(14)20/h1-9H. The predicted molar refractivity (Wildman–Crippen MR) is 72.7 cm³/mol. The first-order valence-corrected chi connectivity index (χ1v) is 6.00. The van der Waals surface area contributed by atoms with Gasteiger partial charge in [0.1, 0.15) is 0 Å². The summed E-state index contributed by atoms with van der Waals surface area (Å²) in [6.45, 7) is 0. The van der Waals surface area contributed by atoms with Crippen molar-refractivity contribution in [3.05, 3.63) is 70.4 Å². The quantitative estimate of drug-likeness (QED) is 0.595. The molecule has 0 saturated heterocycles. The molecule has 0 spiro atoms. The van der Waals surface area contributed by atoms with Crippen LogP contribution in [0.2, 0.25) is 0 Å². The van der Waals surface area contributed by atoms with E-state index in [1.807, 2.05) is 0 Å². The Labute approximate surface area is 112 Å². The third-order valence-corrected chi connectivity index (χ3v) is 3.27. The Morgan fingerprint density at radius 3 is 2.15 bits per heavy atom. The van der Waals surface area contributed by atoms with Crippen molar-refractivity contribution in [1.29, 1.82) is 0 Å². The van der Waals surface area contributed by atoms with Gasteiger partial charge in [-0.05, 0) is 29.0 Å². The SMILES string of the molecule is O=c1c2ccccc2ccc2cc(C(F)(F)F)ccc12. The molecule has 3 rings (SSSR count). The fourth-order valence-corrected chi connectivity index (χ4v) is 2.26. The molecule has 0 heterocycles. The Bertz CT molecular complexity index is 866. The lowest BCUT2D eigenvalue weighted by atomic mass is 10.1. The van der Waals surface area contributed by atoms with E-state index in [4.69, 9.17) is 0 Å². The van der Waals surface area contributed by atoms with Crippen molar-refractivity contribution in [3.8, 4) is 0 Å². The van der Waals surface area contributed by atoms with Crippen molar-refractivity contribution >= 4 is 21.5 Å². The molecule has 0 atom stereocenters. The normalized spacial score (nSPS) is 11.9. The van der Waals surface area contributed by atoms with Crippen LogP contribution in [0.5, 0.6) is 0 Å². The Morgan fingerprint density at radius 2 is 1.40 bits per heavy atom. The van der Waals surface area contributed by atoms with E-state index in [9.17, 15) is 18.0 Å². The lowest BCUT2D eigenvalue weighted by molar-refractivity contribution is -0.137. The van der Waals surface area contributed by atoms with Gasteiger partial charge in [0, 0.05) is 10.8 Å². The number of benzene rings is 2. The van der Waals surface area contributed by atoms with Gasteiger partial charge in [-0.2, -0.15) is 13.2 Å². The first-order chi connectivity index (χ1) is 9.47. The summed E-state index contributed by atoms with van der Waals surface area (Å²) in [6.07, 6.45) is -4.41. The van der Waals surface area contributed by atoms with Gasteiger partial charge in [-0.25, -0.2) is 0 Å². The molecular formula is C16H9F3O. The van der Waals surface area contributed by atoms with Crippen LogP contribution in [0.1, 0.15) is 5.56 Å². The first-order valence-electron chi connectivity index (χ1n) is 6.00. The number of hydrogen-bond donors (Lipinski definition) is 0.